The average molecular weight is 206 g/mol. The van der Waals surface area contributed by atoms with Crippen molar-refractivity contribution in [2.45, 2.75) is 18.9 Å². The topological polar surface area (TPSA) is 38.4 Å². The zero-order chi connectivity index (χ0) is 10.0. The SMILES string of the molecule is C[C@]1(c2ccccc2)CCSC(N)=N1. The van der Waals surface area contributed by atoms with Gasteiger partial charge in [-0.2, -0.15) is 0 Å². The molecule has 1 aliphatic heterocycles. The fourth-order valence-electron chi connectivity index (χ4n) is 1.69. The first-order valence-electron chi connectivity index (χ1n) is 4.74. The van der Waals surface area contributed by atoms with Crippen LogP contribution in [0.4, 0.5) is 0 Å². The number of rotatable bonds is 1. The average Bonchev–Trinajstić information content (AvgIpc) is 2.19. The first kappa shape index (κ1) is 9.59. The molecule has 0 saturated carbocycles. The lowest BCUT2D eigenvalue weighted by atomic mass is 9.90. The van der Waals surface area contributed by atoms with Crippen molar-refractivity contribution in [1.29, 1.82) is 0 Å². The number of aliphatic imine (C=N–C) groups is 1. The Morgan fingerprint density at radius 3 is 2.71 bits per heavy atom. The highest BCUT2D eigenvalue weighted by Crippen LogP contribution is 2.34. The van der Waals surface area contributed by atoms with Gasteiger partial charge in [0.1, 0.15) is 0 Å². The van der Waals surface area contributed by atoms with E-state index in [1.54, 1.807) is 11.8 Å². The van der Waals surface area contributed by atoms with Gasteiger partial charge in [0.05, 0.1) is 5.54 Å². The minimum atomic E-state index is -0.114. The molecule has 2 N–H and O–H groups in total. The predicted molar refractivity (Wildman–Crippen MR) is 62.5 cm³/mol. The van der Waals surface area contributed by atoms with E-state index in [-0.39, 0.29) is 5.54 Å². The van der Waals surface area contributed by atoms with Gasteiger partial charge in [-0.3, -0.25) is 4.99 Å². The zero-order valence-corrected chi connectivity index (χ0v) is 9.05. The smallest absolute Gasteiger partial charge is 0.154 e. The summed E-state index contributed by atoms with van der Waals surface area (Å²) in [6.45, 7) is 2.15. The minimum Gasteiger partial charge on any atom is -0.379 e. The van der Waals surface area contributed by atoms with Crippen LogP contribution in [0.1, 0.15) is 18.9 Å². The van der Waals surface area contributed by atoms with Crippen LogP contribution in [0.5, 0.6) is 0 Å². The Morgan fingerprint density at radius 2 is 2.07 bits per heavy atom. The van der Waals surface area contributed by atoms with Crippen LogP contribution < -0.4 is 5.73 Å². The summed E-state index contributed by atoms with van der Waals surface area (Å²) in [5.74, 6) is 1.06. The summed E-state index contributed by atoms with van der Waals surface area (Å²) in [5.41, 5.74) is 6.90. The lowest BCUT2D eigenvalue weighted by Crippen LogP contribution is -2.28. The molecule has 14 heavy (non-hydrogen) atoms. The van der Waals surface area contributed by atoms with E-state index >= 15 is 0 Å². The van der Waals surface area contributed by atoms with E-state index in [0.717, 1.165) is 12.2 Å². The van der Waals surface area contributed by atoms with E-state index in [4.69, 9.17) is 5.73 Å². The fourth-order valence-corrected chi connectivity index (χ4v) is 2.67. The molecule has 1 heterocycles. The number of amidine groups is 1. The Balaban J connectivity index is 2.37. The van der Waals surface area contributed by atoms with Gasteiger partial charge in [-0.05, 0) is 18.9 Å². The number of hydrogen-bond donors (Lipinski definition) is 1. The predicted octanol–water partition coefficient (Wildman–Crippen LogP) is 2.35. The van der Waals surface area contributed by atoms with Gasteiger partial charge >= 0.3 is 0 Å². The normalized spacial score (nSPS) is 27.1. The maximum atomic E-state index is 5.76. The van der Waals surface area contributed by atoms with Gasteiger partial charge in [-0.25, -0.2) is 0 Å². The summed E-state index contributed by atoms with van der Waals surface area (Å²) in [6.07, 6.45) is 1.06. The summed E-state index contributed by atoms with van der Waals surface area (Å²) < 4.78 is 0. The van der Waals surface area contributed by atoms with Gasteiger partial charge in [-0.15, -0.1) is 0 Å². The second-order valence-electron chi connectivity index (χ2n) is 3.69. The molecular weight excluding hydrogens is 192 g/mol. The molecule has 0 amide bonds. The van der Waals surface area contributed by atoms with Crippen molar-refractivity contribution in [3.8, 4) is 0 Å². The van der Waals surface area contributed by atoms with E-state index in [9.17, 15) is 0 Å². The highest BCUT2D eigenvalue weighted by molar-refractivity contribution is 8.13. The van der Waals surface area contributed by atoms with Gasteiger partial charge in [-0.1, -0.05) is 42.1 Å². The molecule has 2 nitrogen and oxygen atoms in total. The molecule has 0 radical (unpaired) electrons. The van der Waals surface area contributed by atoms with E-state index in [0.29, 0.717) is 5.17 Å². The Labute approximate surface area is 88.6 Å². The molecule has 1 aromatic rings. The maximum absolute atomic E-state index is 5.76. The van der Waals surface area contributed by atoms with Crippen LogP contribution in [0.3, 0.4) is 0 Å². The Hall–Kier alpha value is -0.960. The molecule has 1 atom stereocenters. The molecule has 0 bridgehead atoms. The number of nitrogens with zero attached hydrogens (tertiary/aromatic N) is 1. The third-order valence-electron chi connectivity index (χ3n) is 2.59. The summed E-state index contributed by atoms with van der Waals surface area (Å²) in [7, 11) is 0. The first-order valence-corrected chi connectivity index (χ1v) is 5.73. The van der Waals surface area contributed by atoms with E-state index in [2.05, 4.69) is 24.0 Å². The highest BCUT2D eigenvalue weighted by Gasteiger charge is 2.28. The molecule has 2 rings (SSSR count). The molecular formula is C11H14N2S. The van der Waals surface area contributed by atoms with Crippen molar-refractivity contribution >= 4 is 16.9 Å². The molecule has 1 aromatic carbocycles. The summed E-state index contributed by atoms with van der Waals surface area (Å²) in [6, 6.07) is 10.4. The second-order valence-corrected chi connectivity index (χ2v) is 4.80. The van der Waals surface area contributed by atoms with E-state index < -0.39 is 0 Å². The van der Waals surface area contributed by atoms with Crippen LogP contribution in [0, 0.1) is 0 Å². The lowest BCUT2D eigenvalue weighted by molar-refractivity contribution is 0.482. The monoisotopic (exact) mass is 206 g/mol. The fraction of sp³-hybridized carbons (Fsp3) is 0.364. The van der Waals surface area contributed by atoms with Gasteiger partial charge in [0.2, 0.25) is 0 Å². The van der Waals surface area contributed by atoms with Crippen molar-refractivity contribution in [3.63, 3.8) is 0 Å². The summed E-state index contributed by atoms with van der Waals surface area (Å²) in [5, 5.41) is 0.711. The third kappa shape index (κ3) is 1.77. The third-order valence-corrected chi connectivity index (χ3v) is 3.39. The van der Waals surface area contributed by atoms with Crippen LogP contribution >= 0.6 is 11.8 Å². The summed E-state index contributed by atoms with van der Waals surface area (Å²) >= 11 is 1.64. The van der Waals surface area contributed by atoms with Crippen molar-refractivity contribution < 1.29 is 0 Å². The largest absolute Gasteiger partial charge is 0.379 e. The van der Waals surface area contributed by atoms with Crippen LogP contribution in [-0.4, -0.2) is 10.9 Å². The quantitative estimate of drug-likeness (QED) is 0.766. The van der Waals surface area contributed by atoms with E-state index in [1.165, 1.54) is 5.56 Å². The highest BCUT2D eigenvalue weighted by atomic mass is 32.2. The minimum absolute atomic E-state index is 0.114. The number of hydrogen-bond acceptors (Lipinski definition) is 3. The first-order chi connectivity index (χ1) is 6.71. The lowest BCUT2D eigenvalue weighted by Gasteiger charge is -2.29. The Morgan fingerprint density at radius 1 is 1.36 bits per heavy atom. The molecule has 0 saturated heterocycles. The molecule has 3 heteroatoms. The van der Waals surface area contributed by atoms with Gasteiger partial charge < -0.3 is 5.73 Å². The van der Waals surface area contributed by atoms with Crippen LogP contribution in [-0.2, 0) is 5.54 Å². The van der Waals surface area contributed by atoms with Crippen molar-refractivity contribution in [2.24, 2.45) is 10.7 Å². The molecule has 0 aliphatic carbocycles. The van der Waals surface area contributed by atoms with Crippen LogP contribution in [0.15, 0.2) is 35.3 Å². The number of benzene rings is 1. The Kier molecular flexibility index (Phi) is 2.50. The summed E-state index contributed by atoms with van der Waals surface area (Å²) in [4.78, 5) is 4.54. The zero-order valence-electron chi connectivity index (χ0n) is 8.23. The molecule has 0 unspecified atom stereocenters. The second kappa shape index (κ2) is 3.65. The standard InChI is InChI=1S/C11H14N2S/c1-11(7-8-14-10(12)13-11)9-5-3-2-4-6-9/h2-6H,7-8H2,1H3,(H2,12,13)/t11-/m1/s1. The van der Waals surface area contributed by atoms with Gasteiger partial charge in [0.25, 0.3) is 0 Å². The molecule has 0 fully saturated rings. The van der Waals surface area contributed by atoms with E-state index in [1.807, 2.05) is 18.2 Å². The maximum Gasteiger partial charge on any atom is 0.154 e. The molecule has 74 valence electrons. The van der Waals surface area contributed by atoms with Crippen molar-refractivity contribution in [2.75, 3.05) is 5.75 Å². The van der Waals surface area contributed by atoms with Crippen molar-refractivity contribution in [1.82, 2.24) is 0 Å². The van der Waals surface area contributed by atoms with Gasteiger partial charge in [0.15, 0.2) is 5.17 Å². The Bertz CT molecular complexity index is 348. The molecule has 0 aromatic heterocycles. The van der Waals surface area contributed by atoms with Gasteiger partial charge in [0, 0.05) is 5.75 Å². The van der Waals surface area contributed by atoms with Crippen molar-refractivity contribution in [3.05, 3.63) is 35.9 Å². The molecule has 1 aliphatic rings. The molecule has 0 spiro atoms. The van der Waals surface area contributed by atoms with Crippen LogP contribution in [0.25, 0.3) is 0 Å². The van der Waals surface area contributed by atoms with Crippen LogP contribution in [0.2, 0.25) is 0 Å². The number of nitrogens with two attached hydrogens (primary N) is 1. The number of thioether (sulfide) groups is 1.